The van der Waals surface area contributed by atoms with Crippen LogP contribution in [-0.2, 0) is 6.18 Å². The topological polar surface area (TPSA) is 83.0 Å². The normalized spacial score (nSPS) is 19.5. The third-order valence-corrected chi connectivity index (χ3v) is 4.65. The number of hydrogen-bond acceptors (Lipinski definition) is 4. The predicted molar refractivity (Wildman–Crippen MR) is 78.1 cm³/mol. The summed E-state index contributed by atoms with van der Waals surface area (Å²) in [6.45, 7) is 1.64. The van der Waals surface area contributed by atoms with Gasteiger partial charge in [-0.2, -0.15) is 13.2 Å². The van der Waals surface area contributed by atoms with Crippen LogP contribution in [0, 0.1) is 5.41 Å². The molecule has 0 aliphatic carbocycles. The highest BCUT2D eigenvalue weighted by atomic mass is 19.4. The molecule has 0 bridgehead atoms. The number of carbonyl (C=O) groups excluding carboxylic acids is 1. The van der Waals surface area contributed by atoms with Gasteiger partial charge < -0.3 is 19.6 Å². The minimum Gasteiger partial charge on any atom is -0.465 e. The molecule has 1 N–H and O–H groups in total. The van der Waals surface area contributed by atoms with Crippen LogP contribution in [0.3, 0.4) is 0 Å². The molecule has 2 aliphatic rings. The summed E-state index contributed by atoms with van der Waals surface area (Å²) in [6, 6.07) is 0.729. The Morgan fingerprint density at radius 1 is 1.16 bits per heavy atom. The molecule has 2 saturated heterocycles. The number of alkyl halides is 3. The Morgan fingerprint density at radius 2 is 1.80 bits per heavy atom. The molecular weight excluding hydrogens is 343 g/mol. The summed E-state index contributed by atoms with van der Waals surface area (Å²) in [6.07, 6.45) is -3.27. The Morgan fingerprint density at radius 3 is 2.36 bits per heavy atom. The van der Waals surface area contributed by atoms with E-state index in [1.165, 1.54) is 9.80 Å². The van der Waals surface area contributed by atoms with E-state index >= 15 is 0 Å². The van der Waals surface area contributed by atoms with Crippen molar-refractivity contribution in [3.63, 3.8) is 0 Å². The van der Waals surface area contributed by atoms with Crippen LogP contribution in [0.15, 0.2) is 18.5 Å². The molecular formula is C15H16F3N3O4. The lowest BCUT2D eigenvalue weighted by atomic mass is 9.72. The van der Waals surface area contributed by atoms with Crippen molar-refractivity contribution in [2.45, 2.75) is 19.0 Å². The van der Waals surface area contributed by atoms with Crippen LogP contribution >= 0.6 is 0 Å². The van der Waals surface area contributed by atoms with Crippen LogP contribution in [0.1, 0.15) is 18.4 Å². The number of nitrogens with zero attached hydrogens (tertiary/aromatic N) is 3. The second-order valence-corrected chi connectivity index (χ2v) is 6.40. The minimum absolute atomic E-state index is 0.104. The number of aromatic nitrogens is 1. The quantitative estimate of drug-likeness (QED) is 0.834. The predicted octanol–water partition coefficient (Wildman–Crippen LogP) is 2.68. The summed E-state index contributed by atoms with van der Waals surface area (Å²) in [7, 11) is 0. The largest absolute Gasteiger partial charge is 0.465 e. The molecule has 0 saturated carbocycles. The molecule has 1 aromatic heterocycles. The van der Waals surface area contributed by atoms with E-state index in [2.05, 4.69) is 4.98 Å². The Labute approximate surface area is 141 Å². The van der Waals surface area contributed by atoms with E-state index in [0.29, 0.717) is 45.2 Å². The summed E-state index contributed by atoms with van der Waals surface area (Å²) in [5.74, 6) is -0.263. The molecule has 2 amide bonds. The molecule has 0 radical (unpaired) electrons. The van der Waals surface area contributed by atoms with Gasteiger partial charge in [0.1, 0.15) is 0 Å². The number of likely N-dealkylation sites (tertiary alicyclic amines) is 2. The number of hydrogen-bond donors (Lipinski definition) is 1. The second kappa shape index (κ2) is 6.08. The van der Waals surface area contributed by atoms with Crippen LogP contribution in [0.5, 0.6) is 5.75 Å². The van der Waals surface area contributed by atoms with Crippen LogP contribution in [0.2, 0.25) is 0 Å². The Kier molecular flexibility index (Phi) is 4.21. The molecule has 2 aliphatic heterocycles. The van der Waals surface area contributed by atoms with Crippen molar-refractivity contribution >= 4 is 12.2 Å². The summed E-state index contributed by atoms with van der Waals surface area (Å²) in [5, 5.41) is 8.89. The smallest absolute Gasteiger partial charge is 0.418 e. The van der Waals surface area contributed by atoms with Crippen LogP contribution < -0.4 is 4.74 Å². The molecule has 7 nitrogen and oxygen atoms in total. The zero-order chi connectivity index (χ0) is 18.2. The van der Waals surface area contributed by atoms with Gasteiger partial charge in [0, 0.05) is 37.8 Å². The maximum atomic E-state index is 12.6. The standard InChI is InChI=1S/C15H16F3N3O4/c16-15(17,18)10-5-11(7-19-6-10)25-13(24)20-3-1-14(2-4-20)8-21(9-14)12(22)23/h5-7H,1-4,8-9H2,(H,22,23). The first-order valence-corrected chi connectivity index (χ1v) is 7.65. The fourth-order valence-corrected chi connectivity index (χ4v) is 3.17. The van der Waals surface area contributed by atoms with E-state index in [4.69, 9.17) is 9.84 Å². The van der Waals surface area contributed by atoms with Crippen molar-refractivity contribution in [3.8, 4) is 5.75 Å². The fraction of sp³-hybridized carbons (Fsp3) is 0.533. The SMILES string of the molecule is O=C(O)N1CC2(CCN(C(=O)Oc3cncc(C(F)(F)F)c3)CC2)C1. The molecule has 0 unspecified atom stereocenters. The first-order chi connectivity index (χ1) is 11.7. The maximum absolute atomic E-state index is 12.6. The van der Waals surface area contributed by atoms with Crippen molar-refractivity contribution < 1.29 is 32.6 Å². The summed E-state index contributed by atoms with van der Waals surface area (Å²) >= 11 is 0. The van der Waals surface area contributed by atoms with Gasteiger partial charge >= 0.3 is 18.4 Å². The number of ether oxygens (including phenoxy) is 1. The van der Waals surface area contributed by atoms with Crippen molar-refractivity contribution in [1.29, 1.82) is 0 Å². The molecule has 0 atom stereocenters. The van der Waals surface area contributed by atoms with Gasteiger partial charge in [0.2, 0.25) is 0 Å². The molecule has 1 spiro atoms. The average Bonchev–Trinajstić information content (AvgIpc) is 2.52. The fourth-order valence-electron chi connectivity index (χ4n) is 3.17. The van der Waals surface area contributed by atoms with E-state index in [1.807, 2.05) is 0 Å². The highest BCUT2D eigenvalue weighted by Crippen LogP contribution is 2.40. The zero-order valence-corrected chi connectivity index (χ0v) is 13.1. The van der Waals surface area contributed by atoms with Gasteiger partial charge in [0.25, 0.3) is 0 Å². The zero-order valence-electron chi connectivity index (χ0n) is 13.1. The minimum atomic E-state index is -4.56. The van der Waals surface area contributed by atoms with Crippen LogP contribution in [0.25, 0.3) is 0 Å². The van der Waals surface area contributed by atoms with E-state index in [1.54, 1.807) is 0 Å². The number of rotatable bonds is 1. The van der Waals surface area contributed by atoms with Gasteiger partial charge in [0.15, 0.2) is 5.75 Å². The Bertz CT molecular complexity index is 679. The molecule has 3 heterocycles. The summed E-state index contributed by atoms with van der Waals surface area (Å²) in [5.41, 5.74) is -1.09. The lowest BCUT2D eigenvalue weighted by Gasteiger charge is -2.52. The average molecular weight is 359 g/mol. The van der Waals surface area contributed by atoms with Gasteiger partial charge in [-0.25, -0.2) is 9.59 Å². The first kappa shape index (κ1) is 17.3. The van der Waals surface area contributed by atoms with E-state index in [0.717, 1.165) is 12.3 Å². The number of halogens is 3. The maximum Gasteiger partial charge on any atom is 0.418 e. The Hall–Kier alpha value is -2.52. The highest BCUT2D eigenvalue weighted by Gasteiger charge is 2.47. The van der Waals surface area contributed by atoms with E-state index < -0.39 is 23.9 Å². The van der Waals surface area contributed by atoms with Gasteiger partial charge in [-0.15, -0.1) is 0 Å². The molecule has 2 fully saturated rings. The highest BCUT2D eigenvalue weighted by molar-refractivity contribution is 5.71. The number of carboxylic acid groups (broad SMARTS) is 1. The van der Waals surface area contributed by atoms with Gasteiger partial charge in [-0.05, 0) is 18.9 Å². The second-order valence-electron chi connectivity index (χ2n) is 6.40. The number of amides is 2. The van der Waals surface area contributed by atoms with Gasteiger partial charge in [0.05, 0.1) is 11.8 Å². The molecule has 3 rings (SSSR count). The number of pyridine rings is 1. The Balaban J connectivity index is 1.55. The van der Waals surface area contributed by atoms with Crippen LogP contribution in [-0.4, -0.2) is 58.3 Å². The van der Waals surface area contributed by atoms with Crippen LogP contribution in [0.4, 0.5) is 22.8 Å². The lowest BCUT2D eigenvalue weighted by molar-refractivity contribution is -0.137. The van der Waals surface area contributed by atoms with Crippen molar-refractivity contribution in [1.82, 2.24) is 14.8 Å². The van der Waals surface area contributed by atoms with E-state index in [-0.39, 0.29) is 11.2 Å². The van der Waals surface area contributed by atoms with Crippen molar-refractivity contribution in [2.75, 3.05) is 26.2 Å². The number of piperidine rings is 1. The summed E-state index contributed by atoms with van der Waals surface area (Å²) in [4.78, 5) is 29.1. The number of carbonyl (C=O) groups is 2. The van der Waals surface area contributed by atoms with Crippen molar-refractivity contribution in [2.24, 2.45) is 5.41 Å². The molecule has 1 aromatic rings. The third-order valence-electron chi connectivity index (χ3n) is 4.65. The monoisotopic (exact) mass is 359 g/mol. The third kappa shape index (κ3) is 3.62. The lowest BCUT2D eigenvalue weighted by Crippen LogP contribution is -2.62. The molecule has 10 heteroatoms. The van der Waals surface area contributed by atoms with Gasteiger partial charge in [-0.1, -0.05) is 0 Å². The van der Waals surface area contributed by atoms with E-state index in [9.17, 15) is 22.8 Å². The molecule has 25 heavy (non-hydrogen) atoms. The van der Waals surface area contributed by atoms with Gasteiger partial charge in [-0.3, -0.25) is 4.98 Å². The molecule has 0 aromatic carbocycles. The first-order valence-electron chi connectivity index (χ1n) is 7.65. The molecule has 136 valence electrons. The summed E-state index contributed by atoms with van der Waals surface area (Å²) < 4.78 is 42.9. The van der Waals surface area contributed by atoms with Crippen molar-refractivity contribution in [3.05, 3.63) is 24.0 Å².